The molecule has 2 heterocycles. The van der Waals surface area contributed by atoms with Gasteiger partial charge < -0.3 is 10.6 Å². The van der Waals surface area contributed by atoms with Crippen LogP contribution in [0, 0.1) is 0 Å². The van der Waals surface area contributed by atoms with E-state index in [9.17, 15) is 4.79 Å². The van der Waals surface area contributed by atoms with Gasteiger partial charge in [0.05, 0.1) is 23.5 Å². The molecule has 3 rings (SSSR count). The van der Waals surface area contributed by atoms with Crippen LogP contribution in [-0.2, 0) is 13.1 Å². The van der Waals surface area contributed by atoms with Crippen LogP contribution in [-0.4, -0.2) is 15.9 Å². The summed E-state index contributed by atoms with van der Waals surface area (Å²) in [7, 11) is 0. The monoisotopic (exact) mass is 352 g/mol. The van der Waals surface area contributed by atoms with E-state index in [2.05, 4.69) is 20.6 Å². The lowest BCUT2D eigenvalue weighted by Crippen LogP contribution is -2.23. The van der Waals surface area contributed by atoms with Crippen molar-refractivity contribution in [3.05, 3.63) is 89.0 Å². The second-order valence-electron chi connectivity index (χ2n) is 5.41. The Morgan fingerprint density at radius 3 is 2.68 bits per heavy atom. The summed E-state index contributed by atoms with van der Waals surface area (Å²) in [5.41, 5.74) is 3.02. The first-order valence-electron chi connectivity index (χ1n) is 7.83. The zero-order chi connectivity index (χ0) is 17.5. The quantitative estimate of drug-likeness (QED) is 0.710. The van der Waals surface area contributed by atoms with Crippen LogP contribution in [0.15, 0.2) is 67.1 Å². The maximum Gasteiger partial charge on any atom is 0.253 e. The van der Waals surface area contributed by atoms with Crippen LogP contribution in [0.25, 0.3) is 0 Å². The van der Waals surface area contributed by atoms with Gasteiger partial charge in [0.25, 0.3) is 5.91 Å². The van der Waals surface area contributed by atoms with Gasteiger partial charge in [-0.1, -0.05) is 35.9 Å². The number of aromatic nitrogens is 2. The van der Waals surface area contributed by atoms with E-state index in [1.165, 1.54) is 6.20 Å². The third-order valence-corrected chi connectivity index (χ3v) is 3.97. The molecule has 3 aromatic rings. The van der Waals surface area contributed by atoms with Crippen LogP contribution in [0.2, 0.25) is 5.02 Å². The van der Waals surface area contributed by atoms with Crippen LogP contribution >= 0.6 is 11.6 Å². The molecule has 126 valence electrons. The fourth-order valence-corrected chi connectivity index (χ4v) is 2.48. The highest BCUT2D eigenvalue weighted by Crippen LogP contribution is 2.17. The van der Waals surface area contributed by atoms with Crippen LogP contribution in [0.1, 0.15) is 21.6 Å². The minimum absolute atomic E-state index is 0.195. The molecule has 1 aromatic carbocycles. The number of carbonyl (C=O) groups is 1. The molecule has 0 saturated heterocycles. The van der Waals surface area contributed by atoms with Gasteiger partial charge in [0, 0.05) is 30.2 Å². The van der Waals surface area contributed by atoms with Crippen molar-refractivity contribution >= 4 is 23.2 Å². The molecule has 0 aliphatic rings. The fourth-order valence-electron chi connectivity index (χ4n) is 2.28. The molecular weight excluding hydrogens is 336 g/mol. The van der Waals surface area contributed by atoms with Crippen molar-refractivity contribution in [1.82, 2.24) is 15.3 Å². The van der Waals surface area contributed by atoms with Gasteiger partial charge in [-0.15, -0.1) is 0 Å². The number of rotatable bonds is 6. The Hall–Kier alpha value is -2.92. The maximum atomic E-state index is 12.3. The van der Waals surface area contributed by atoms with E-state index in [-0.39, 0.29) is 5.91 Å². The molecule has 25 heavy (non-hydrogen) atoms. The molecule has 0 atom stereocenters. The molecule has 2 aromatic heterocycles. The predicted octanol–water partition coefficient (Wildman–Crippen LogP) is 3.67. The molecule has 5 nitrogen and oxygen atoms in total. The number of nitrogens with one attached hydrogen (secondary N) is 2. The predicted molar refractivity (Wildman–Crippen MR) is 98.4 cm³/mol. The molecule has 0 aliphatic heterocycles. The minimum atomic E-state index is -0.195. The number of amides is 1. The van der Waals surface area contributed by atoms with Crippen molar-refractivity contribution in [3.63, 3.8) is 0 Å². The highest BCUT2D eigenvalue weighted by atomic mass is 35.5. The van der Waals surface area contributed by atoms with E-state index in [0.717, 1.165) is 16.9 Å². The molecule has 6 heteroatoms. The van der Waals surface area contributed by atoms with E-state index in [4.69, 9.17) is 11.6 Å². The van der Waals surface area contributed by atoms with Crippen LogP contribution in [0.3, 0.4) is 0 Å². The van der Waals surface area contributed by atoms with E-state index in [1.54, 1.807) is 18.5 Å². The molecule has 0 saturated carbocycles. The topological polar surface area (TPSA) is 66.9 Å². The molecule has 2 N–H and O–H groups in total. The van der Waals surface area contributed by atoms with Gasteiger partial charge in [-0.2, -0.15) is 0 Å². The Bertz CT molecular complexity index is 855. The normalized spacial score (nSPS) is 10.3. The summed E-state index contributed by atoms with van der Waals surface area (Å²) in [4.78, 5) is 20.6. The number of halogens is 1. The molecule has 0 spiro atoms. The summed E-state index contributed by atoms with van der Waals surface area (Å²) in [5, 5.41) is 6.77. The third kappa shape index (κ3) is 4.78. The van der Waals surface area contributed by atoms with E-state index >= 15 is 0 Å². The van der Waals surface area contributed by atoms with Crippen molar-refractivity contribution < 1.29 is 4.79 Å². The van der Waals surface area contributed by atoms with Crippen molar-refractivity contribution in [3.8, 4) is 0 Å². The van der Waals surface area contributed by atoms with Crippen LogP contribution in [0.4, 0.5) is 5.69 Å². The van der Waals surface area contributed by atoms with E-state index in [1.807, 2.05) is 42.5 Å². The van der Waals surface area contributed by atoms with Crippen molar-refractivity contribution in [2.75, 3.05) is 5.32 Å². The SMILES string of the molecule is O=C(NCc1ccccn1)c1cncc(NCc2ccccc2Cl)c1. The number of anilines is 1. The molecule has 0 bridgehead atoms. The number of hydrogen-bond donors (Lipinski definition) is 2. The smallest absolute Gasteiger partial charge is 0.253 e. The first-order chi connectivity index (χ1) is 12.2. The maximum absolute atomic E-state index is 12.3. The summed E-state index contributed by atoms with van der Waals surface area (Å²) in [6.07, 6.45) is 4.91. The first kappa shape index (κ1) is 16.9. The lowest BCUT2D eigenvalue weighted by molar-refractivity contribution is 0.0950. The number of pyridine rings is 2. The summed E-state index contributed by atoms with van der Waals surface area (Å²) in [5.74, 6) is -0.195. The van der Waals surface area contributed by atoms with Crippen molar-refractivity contribution in [2.24, 2.45) is 0 Å². The zero-order valence-corrected chi connectivity index (χ0v) is 14.2. The Morgan fingerprint density at radius 1 is 1.04 bits per heavy atom. The second-order valence-corrected chi connectivity index (χ2v) is 5.82. The second kappa shape index (κ2) is 8.26. The largest absolute Gasteiger partial charge is 0.380 e. The Labute approximate surface area is 151 Å². The van der Waals surface area contributed by atoms with Gasteiger partial charge in [-0.05, 0) is 29.8 Å². The van der Waals surface area contributed by atoms with Gasteiger partial charge in [0.15, 0.2) is 0 Å². The highest BCUT2D eigenvalue weighted by Gasteiger charge is 2.07. The number of benzene rings is 1. The number of nitrogens with zero attached hydrogens (tertiary/aromatic N) is 2. The third-order valence-electron chi connectivity index (χ3n) is 3.60. The lowest BCUT2D eigenvalue weighted by Gasteiger charge is -2.09. The molecule has 0 fully saturated rings. The number of hydrogen-bond acceptors (Lipinski definition) is 4. The van der Waals surface area contributed by atoms with Crippen molar-refractivity contribution in [1.29, 1.82) is 0 Å². The average molecular weight is 353 g/mol. The Kier molecular flexibility index (Phi) is 5.59. The van der Waals surface area contributed by atoms with Gasteiger partial charge in [-0.3, -0.25) is 14.8 Å². The molecular formula is C19H17ClN4O. The fraction of sp³-hybridized carbons (Fsp3) is 0.105. The lowest BCUT2D eigenvalue weighted by atomic mass is 10.2. The van der Waals surface area contributed by atoms with Gasteiger partial charge >= 0.3 is 0 Å². The summed E-state index contributed by atoms with van der Waals surface area (Å²) in [6.45, 7) is 0.928. The summed E-state index contributed by atoms with van der Waals surface area (Å²) >= 11 is 6.15. The minimum Gasteiger partial charge on any atom is -0.380 e. The highest BCUT2D eigenvalue weighted by molar-refractivity contribution is 6.31. The van der Waals surface area contributed by atoms with Gasteiger partial charge in [0.2, 0.25) is 0 Å². The Morgan fingerprint density at radius 2 is 1.88 bits per heavy atom. The first-order valence-corrected chi connectivity index (χ1v) is 8.20. The standard InChI is InChI=1S/C19H17ClN4O/c20-18-7-2-1-5-14(18)11-23-17-9-15(10-21-12-17)19(25)24-13-16-6-3-4-8-22-16/h1-10,12,23H,11,13H2,(H,24,25). The van der Waals surface area contributed by atoms with E-state index in [0.29, 0.717) is 23.7 Å². The molecule has 0 unspecified atom stereocenters. The molecule has 1 amide bonds. The van der Waals surface area contributed by atoms with E-state index < -0.39 is 0 Å². The molecule has 0 radical (unpaired) electrons. The van der Waals surface area contributed by atoms with Crippen LogP contribution < -0.4 is 10.6 Å². The zero-order valence-electron chi connectivity index (χ0n) is 13.4. The molecule has 0 aliphatic carbocycles. The van der Waals surface area contributed by atoms with Crippen molar-refractivity contribution in [2.45, 2.75) is 13.1 Å². The summed E-state index contributed by atoms with van der Waals surface area (Å²) < 4.78 is 0. The average Bonchev–Trinajstić information content (AvgIpc) is 2.66. The van der Waals surface area contributed by atoms with Gasteiger partial charge in [0.1, 0.15) is 0 Å². The number of carbonyl (C=O) groups excluding carboxylic acids is 1. The Balaban J connectivity index is 1.61. The van der Waals surface area contributed by atoms with Gasteiger partial charge in [-0.25, -0.2) is 0 Å². The van der Waals surface area contributed by atoms with Crippen LogP contribution in [0.5, 0.6) is 0 Å². The summed E-state index contributed by atoms with van der Waals surface area (Å²) in [6, 6.07) is 15.0.